The van der Waals surface area contributed by atoms with Gasteiger partial charge in [0.15, 0.2) is 0 Å². The van der Waals surface area contributed by atoms with Crippen LogP contribution in [0.5, 0.6) is 0 Å². The molecule has 0 bridgehead atoms. The fourth-order valence-corrected chi connectivity index (χ4v) is 2.19. The molecule has 3 nitrogen and oxygen atoms in total. The van der Waals surface area contributed by atoms with Gasteiger partial charge < -0.3 is 5.32 Å². The molecule has 1 aromatic heterocycles. The van der Waals surface area contributed by atoms with Crippen molar-refractivity contribution < 1.29 is 0 Å². The van der Waals surface area contributed by atoms with Gasteiger partial charge in [-0.25, -0.2) is 0 Å². The lowest BCUT2D eigenvalue weighted by molar-refractivity contribution is 0.543. The Hall–Kier alpha value is -1.35. The molecule has 0 amide bonds. The highest BCUT2D eigenvalue weighted by Crippen LogP contribution is 2.11. The topological polar surface area (TPSA) is 29.9 Å². The highest BCUT2D eigenvalue weighted by atomic mass is 15.3. The lowest BCUT2D eigenvalue weighted by Crippen LogP contribution is -2.21. The van der Waals surface area contributed by atoms with Crippen molar-refractivity contribution in [2.24, 2.45) is 0 Å². The maximum Gasteiger partial charge on any atom is 0.0682 e. The number of hydrogen-bond acceptors (Lipinski definition) is 2. The highest BCUT2D eigenvalue weighted by molar-refractivity contribution is 5.78. The summed E-state index contributed by atoms with van der Waals surface area (Å²) in [5, 5.41) is 9.13. The number of nitrogens with zero attached hydrogens (tertiary/aromatic N) is 2. The minimum Gasteiger partial charge on any atom is -0.315 e. The monoisotopic (exact) mass is 245 g/mol. The number of benzene rings is 1. The summed E-state index contributed by atoms with van der Waals surface area (Å²) in [4.78, 5) is 0. The fraction of sp³-hybridized carbons (Fsp3) is 0.533. The molecule has 1 heterocycles. The lowest BCUT2D eigenvalue weighted by atomic mass is 10.2. The van der Waals surface area contributed by atoms with E-state index in [2.05, 4.69) is 46.3 Å². The van der Waals surface area contributed by atoms with Crippen LogP contribution in [0.2, 0.25) is 0 Å². The van der Waals surface area contributed by atoms with Gasteiger partial charge in [-0.2, -0.15) is 5.10 Å². The summed E-state index contributed by atoms with van der Waals surface area (Å²) in [6.07, 6.45) is 7.23. The van der Waals surface area contributed by atoms with E-state index < -0.39 is 0 Å². The molecule has 2 rings (SSSR count). The second kappa shape index (κ2) is 7.17. The van der Waals surface area contributed by atoms with Gasteiger partial charge in [-0.1, -0.05) is 44.4 Å². The standard InChI is InChI=1S/C15H23N3/c1-2-3-4-7-10-16-11-12-18-15-9-6-5-8-14(15)13-17-18/h5-6,8-9,13,16H,2-4,7,10-12H2,1H3. The first-order valence-electron chi connectivity index (χ1n) is 7.03. The van der Waals surface area contributed by atoms with Crippen molar-refractivity contribution in [2.45, 2.75) is 39.2 Å². The van der Waals surface area contributed by atoms with E-state index in [1.807, 2.05) is 6.20 Å². The van der Waals surface area contributed by atoms with Crippen molar-refractivity contribution in [1.82, 2.24) is 15.1 Å². The molecule has 0 saturated carbocycles. The molecular weight excluding hydrogens is 222 g/mol. The van der Waals surface area contributed by atoms with Crippen LogP contribution in [0, 0.1) is 0 Å². The number of para-hydroxylation sites is 1. The first-order chi connectivity index (χ1) is 8.92. The average molecular weight is 245 g/mol. The van der Waals surface area contributed by atoms with Gasteiger partial charge in [0.25, 0.3) is 0 Å². The van der Waals surface area contributed by atoms with Crippen molar-refractivity contribution in [3.63, 3.8) is 0 Å². The quantitative estimate of drug-likeness (QED) is 0.724. The minimum absolute atomic E-state index is 0.946. The summed E-state index contributed by atoms with van der Waals surface area (Å²) >= 11 is 0. The Balaban J connectivity index is 1.70. The van der Waals surface area contributed by atoms with Gasteiger partial charge in [0.05, 0.1) is 18.3 Å². The van der Waals surface area contributed by atoms with E-state index in [1.54, 1.807) is 0 Å². The lowest BCUT2D eigenvalue weighted by Gasteiger charge is -2.06. The first-order valence-corrected chi connectivity index (χ1v) is 7.03. The van der Waals surface area contributed by atoms with Crippen LogP contribution in [0.3, 0.4) is 0 Å². The van der Waals surface area contributed by atoms with Crippen LogP contribution >= 0.6 is 0 Å². The van der Waals surface area contributed by atoms with Crippen LogP contribution in [0.4, 0.5) is 0 Å². The number of fused-ring (bicyclic) bond motifs is 1. The van der Waals surface area contributed by atoms with E-state index in [1.165, 1.54) is 36.6 Å². The zero-order chi connectivity index (χ0) is 12.6. The molecule has 0 saturated heterocycles. The summed E-state index contributed by atoms with van der Waals surface area (Å²) in [6.45, 7) is 5.31. The van der Waals surface area contributed by atoms with E-state index in [9.17, 15) is 0 Å². The molecule has 0 atom stereocenters. The molecule has 1 N–H and O–H groups in total. The van der Waals surface area contributed by atoms with Crippen molar-refractivity contribution in [2.75, 3.05) is 13.1 Å². The minimum atomic E-state index is 0.946. The van der Waals surface area contributed by atoms with Crippen LogP contribution in [-0.4, -0.2) is 22.9 Å². The molecular formula is C15H23N3. The summed E-state index contributed by atoms with van der Waals surface area (Å²) < 4.78 is 2.08. The van der Waals surface area contributed by atoms with Crippen LogP contribution in [-0.2, 0) is 6.54 Å². The van der Waals surface area contributed by atoms with Gasteiger partial charge in [0, 0.05) is 11.9 Å². The normalized spacial score (nSPS) is 11.2. The van der Waals surface area contributed by atoms with Gasteiger partial charge >= 0.3 is 0 Å². The van der Waals surface area contributed by atoms with Gasteiger partial charge in [-0.05, 0) is 19.0 Å². The van der Waals surface area contributed by atoms with Gasteiger partial charge in [0.2, 0.25) is 0 Å². The Kier molecular flexibility index (Phi) is 5.21. The van der Waals surface area contributed by atoms with E-state index in [4.69, 9.17) is 0 Å². The van der Waals surface area contributed by atoms with Crippen LogP contribution in [0.15, 0.2) is 30.5 Å². The molecule has 0 spiro atoms. The molecule has 1 aromatic carbocycles. The van der Waals surface area contributed by atoms with Gasteiger partial charge in [0.1, 0.15) is 0 Å². The van der Waals surface area contributed by atoms with Crippen molar-refractivity contribution in [3.8, 4) is 0 Å². The first kappa shape index (κ1) is 13.1. The Morgan fingerprint density at radius 1 is 1.11 bits per heavy atom. The molecule has 0 fully saturated rings. The zero-order valence-electron chi connectivity index (χ0n) is 11.2. The van der Waals surface area contributed by atoms with Gasteiger partial charge in [-0.15, -0.1) is 0 Å². The number of aromatic nitrogens is 2. The van der Waals surface area contributed by atoms with Crippen LogP contribution < -0.4 is 5.32 Å². The SMILES string of the molecule is CCCCCCNCCn1ncc2ccccc21. The van der Waals surface area contributed by atoms with E-state index >= 15 is 0 Å². The second-order valence-electron chi connectivity index (χ2n) is 4.74. The number of hydrogen-bond donors (Lipinski definition) is 1. The molecule has 2 aromatic rings. The molecule has 3 heteroatoms. The Morgan fingerprint density at radius 3 is 2.89 bits per heavy atom. The summed E-state index contributed by atoms with van der Waals surface area (Å²) in [7, 11) is 0. The third-order valence-electron chi connectivity index (χ3n) is 3.26. The maximum absolute atomic E-state index is 4.42. The predicted molar refractivity (Wildman–Crippen MR) is 76.7 cm³/mol. The Morgan fingerprint density at radius 2 is 2.00 bits per heavy atom. The molecule has 98 valence electrons. The smallest absolute Gasteiger partial charge is 0.0682 e. The summed E-state index contributed by atoms with van der Waals surface area (Å²) in [5.74, 6) is 0. The highest BCUT2D eigenvalue weighted by Gasteiger charge is 2.00. The van der Waals surface area contributed by atoms with Crippen LogP contribution in [0.25, 0.3) is 10.9 Å². The molecule has 0 aliphatic heterocycles. The second-order valence-corrected chi connectivity index (χ2v) is 4.74. The Bertz CT molecular complexity index is 461. The van der Waals surface area contributed by atoms with Crippen molar-refractivity contribution >= 4 is 10.9 Å². The predicted octanol–water partition coefficient (Wildman–Crippen LogP) is 3.21. The maximum atomic E-state index is 4.42. The zero-order valence-corrected chi connectivity index (χ0v) is 11.2. The fourth-order valence-electron chi connectivity index (χ4n) is 2.19. The summed E-state index contributed by atoms with van der Waals surface area (Å²) in [5.41, 5.74) is 1.23. The number of nitrogens with one attached hydrogen (secondary N) is 1. The molecule has 0 aliphatic rings. The van der Waals surface area contributed by atoms with Crippen molar-refractivity contribution in [3.05, 3.63) is 30.5 Å². The number of unbranched alkanes of at least 4 members (excludes halogenated alkanes) is 3. The summed E-state index contributed by atoms with van der Waals surface area (Å²) in [6, 6.07) is 8.36. The van der Waals surface area contributed by atoms with E-state index in [0.717, 1.165) is 19.6 Å². The van der Waals surface area contributed by atoms with Gasteiger partial charge in [-0.3, -0.25) is 4.68 Å². The molecule has 0 unspecified atom stereocenters. The number of rotatable bonds is 8. The average Bonchev–Trinajstić information content (AvgIpc) is 2.81. The molecule has 18 heavy (non-hydrogen) atoms. The Labute approximate surface area is 109 Å². The molecule has 0 aliphatic carbocycles. The largest absolute Gasteiger partial charge is 0.315 e. The van der Waals surface area contributed by atoms with Crippen LogP contribution in [0.1, 0.15) is 32.6 Å². The van der Waals surface area contributed by atoms with E-state index in [-0.39, 0.29) is 0 Å². The van der Waals surface area contributed by atoms with Crippen molar-refractivity contribution in [1.29, 1.82) is 0 Å². The van der Waals surface area contributed by atoms with E-state index in [0.29, 0.717) is 0 Å². The third-order valence-corrected chi connectivity index (χ3v) is 3.26. The third kappa shape index (κ3) is 3.57. The molecule has 0 radical (unpaired) electrons.